The van der Waals surface area contributed by atoms with E-state index in [1.54, 1.807) is 6.92 Å². The second-order valence-electron chi connectivity index (χ2n) is 4.42. The zero-order chi connectivity index (χ0) is 16.5. The van der Waals surface area contributed by atoms with Crippen LogP contribution in [0.15, 0.2) is 17.7 Å². The lowest BCUT2D eigenvalue weighted by molar-refractivity contribution is -0.187. The molecule has 5 nitrogen and oxygen atoms in total. The Balaban J connectivity index is 2.61. The van der Waals surface area contributed by atoms with Crippen LogP contribution in [0.25, 0.3) is 6.08 Å². The van der Waals surface area contributed by atoms with Crippen molar-refractivity contribution in [3.8, 4) is 17.2 Å². The van der Waals surface area contributed by atoms with E-state index in [4.69, 9.17) is 19.3 Å². The molecular formula is C14H13F3O5. The average Bonchev–Trinajstić information content (AvgIpc) is 2.44. The highest BCUT2D eigenvalue weighted by Crippen LogP contribution is 2.44. The Kier molecular flexibility index (Phi) is 4.20. The van der Waals surface area contributed by atoms with Gasteiger partial charge in [-0.2, -0.15) is 13.2 Å². The number of hydrogen-bond acceptors (Lipinski definition) is 4. The summed E-state index contributed by atoms with van der Waals surface area (Å²) in [6.07, 6.45) is -6.49. The largest absolute Gasteiger partial charge is 0.497 e. The van der Waals surface area contributed by atoms with Gasteiger partial charge in [-0.1, -0.05) is 0 Å². The molecule has 0 radical (unpaired) electrons. The fourth-order valence-corrected chi connectivity index (χ4v) is 2.05. The molecule has 1 unspecified atom stereocenters. The molecule has 120 valence electrons. The van der Waals surface area contributed by atoms with Crippen molar-refractivity contribution in [2.75, 3.05) is 13.7 Å². The van der Waals surface area contributed by atoms with Crippen molar-refractivity contribution in [3.63, 3.8) is 0 Å². The molecule has 0 bridgehead atoms. The summed E-state index contributed by atoms with van der Waals surface area (Å²) in [5.41, 5.74) is -0.739. The maximum atomic E-state index is 13.0. The first kappa shape index (κ1) is 16.0. The summed E-state index contributed by atoms with van der Waals surface area (Å²) >= 11 is 0. The van der Waals surface area contributed by atoms with Crippen LogP contribution in [-0.4, -0.2) is 37.1 Å². The molecule has 8 heteroatoms. The Morgan fingerprint density at radius 1 is 1.41 bits per heavy atom. The highest BCUT2D eigenvalue weighted by Gasteiger charge is 2.49. The third kappa shape index (κ3) is 2.95. The monoisotopic (exact) mass is 318 g/mol. The summed E-state index contributed by atoms with van der Waals surface area (Å²) in [6.45, 7) is 1.86. The van der Waals surface area contributed by atoms with Gasteiger partial charge in [0.1, 0.15) is 5.75 Å². The van der Waals surface area contributed by atoms with E-state index in [-0.39, 0.29) is 23.7 Å². The molecule has 0 aliphatic carbocycles. The Morgan fingerprint density at radius 2 is 2.09 bits per heavy atom. The third-order valence-corrected chi connectivity index (χ3v) is 2.97. The van der Waals surface area contributed by atoms with Gasteiger partial charge in [0.2, 0.25) is 6.10 Å². The number of hydrogen-bond donors (Lipinski definition) is 1. The lowest BCUT2D eigenvalue weighted by Gasteiger charge is -2.28. The maximum absolute atomic E-state index is 13.0. The van der Waals surface area contributed by atoms with Crippen molar-refractivity contribution in [1.29, 1.82) is 0 Å². The van der Waals surface area contributed by atoms with Gasteiger partial charge >= 0.3 is 12.1 Å². The molecule has 0 saturated heterocycles. The molecule has 1 aromatic carbocycles. The van der Waals surface area contributed by atoms with Crippen LogP contribution in [0.5, 0.6) is 17.2 Å². The summed E-state index contributed by atoms with van der Waals surface area (Å²) in [4.78, 5) is 11.1. The number of fused-ring (bicyclic) bond motifs is 1. The van der Waals surface area contributed by atoms with Crippen LogP contribution < -0.4 is 14.2 Å². The van der Waals surface area contributed by atoms with Gasteiger partial charge in [-0.25, -0.2) is 4.79 Å². The molecule has 0 aromatic heterocycles. The van der Waals surface area contributed by atoms with E-state index < -0.39 is 23.8 Å². The Labute approximate surface area is 123 Å². The minimum Gasteiger partial charge on any atom is -0.497 e. The molecule has 0 spiro atoms. The normalized spacial score (nSPS) is 17.1. The van der Waals surface area contributed by atoms with Crippen molar-refractivity contribution in [1.82, 2.24) is 0 Å². The van der Waals surface area contributed by atoms with Crippen molar-refractivity contribution in [2.45, 2.75) is 19.2 Å². The van der Waals surface area contributed by atoms with Gasteiger partial charge in [0.15, 0.2) is 11.5 Å². The molecule has 1 heterocycles. The second kappa shape index (κ2) is 5.78. The number of ether oxygens (including phenoxy) is 3. The van der Waals surface area contributed by atoms with Gasteiger partial charge in [-0.3, -0.25) is 0 Å². The highest BCUT2D eigenvalue weighted by molar-refractivity contribution is 5.95. The maximum Gasteiger partial charge on any atom is 0.430 e. The highest BCUT2D eigenvalue weighted by atomic mass is 19.4. The predicted octanol–water partition coefficient (Wildman–Crippen LogP) is 2.89. The zero-order valence-electron chi connectivity index (χ0n) is 11.7. The van der Waals surface area contributed by atoms with Crippen LogP contribution in [0.1, 0.15) is 12.5 Å². The first-order chi connectivity index (χ1) is 10.3. The van der Waals surface area contributed by atoms with E-state index in [0.717, 1.165) is 6.08 Å². The summed E-state index contributed by atoms with van der Waals surface area (Å²) in [5, 5.41) is 8.99. The molecule has 1 atom stereocenters. The number of methoxy groups -OCH3 is 1. The number of carboxylic acid groups (broad SMARTS) is 1. The fraction of sp³-hybridized carbons (Fsp3) is 0.357. The van der Waals surface area contributed by atoms with Crippen molar-refractivity contribution < 1.29 is 37.3 Å². The lowest BCUT2D eigenvalue weighted by Crippen LogP contribution is -2.40. The van der Waals surface area contributed by atoms with E-state index in [0.29, 0.717) is 5.75 Å². The van der Waals surface area contributed by atoms with Crippen LogP contribution >= 0.6 is 0 Å². The van der Waals surface area contributed by atoms with Crippen LogP contribution in [0.3, 0.4) is 0 Å². The number of carbonyl (C=O) groups is 1. The molecule has 0 fully saturated rings. The van der Waals surface area contributed by atoms with Gasteiger partial charge < -0.3 is 19.3 Å². The SMILES string of the molecule is CCOc1cc(OC)cc2c1OC(C(F)(F)F)C(C(=O)O)=C2. The van der Waals surface area contributed by atoms with Gasteiger partial charge in [0, 0.05) is 11.6 Å². The predicted molar refractivity (Wildman–Crippen MR) is 70.2 cm³/mol. The average molecular weight is 318 g/mol. The minimum absolute atomic E-state index is 0.0618. The zero-order valence-corrected chi connectivity index (χ0v) is 11.7. The first-order valence-corrected chi connectivity index (χ1v) is 6.31. The van der Waals surface area contributed by atoms with Gasteiger partial charge in [0.05, 0.1) is 19.3 Å². The van der Waals surface area contributed by atoms with Crippen LogP contribution in [0, 0.1) is 0 Å². The number of halogens is 3. The summed E-state index contributed by atoms with van der Waals surface area (Å²) in [6, 6.07) is 2.77. The molecule has 0 saturated carbocycles. The third-order valence-electron chi connectivity index (χ3n) is 2.97. The van der Waals surface area contributed by atoms with E-state index in [2.05, 4.69) is 0 Å². The molecule has 1 N–H and O–H groups in total. The molecule has 1 aliphatic heterocycles. The number of rotatable bonds is 4. The van der Waals surface area contributed by atoms with Crippen molar-refractivity contribution >= 4 is 12.0 Å². The lowest BCUT2D eigenvalue weighted by atomic mass is 10.0. The standard InChI is InChI=1S/C14H13F3O5/c1-3-21-10-6-8(20-2)4-7-5-9(13(18)19)12(14(15,16)17)22-11(7)10/h4-6,12H,3H2,1-2H3,(H,18,19). The number of alkyl halides is 3. The fourth-order valence-electron chi connectivity index (χ4n) is 2.05. The number of carboxylic acids is 1. The summed E-state index contributed by atoms with van der Waals surface area (Å²) in [5.74, 6) is -1.48. The molecule has 1 aromatic rings. The topological polar surface area (TPSA) is 65.0 Å². The van der Waals surface area contributed by atoms with E-state index in [1.807, 2.05) is 0 Å². The van der Waals surface area contributed by atoms with Gasteiger partial charge in [-0.05, 0) is 19.1 Å². The van der Waals surface area contributed by atoms with Gasteiger partial charge in [-0.15, -0.1) is 0 Å². The Bertz CT molecular complexity index is 622. The molecule has 2 rings (SSSR count). The van der Waals surface area contributed by atoms with Crippen molar-refractivity contribution in [3.05, 3.63) is 23.3 Å². The number of aliphatic carboxylic acids is 1. The van der Waals surface area contributed by atoms with Crippen LogP contribution in [0.2, 0.25) is 0 Å². The van der Waals surface area contributed by atoms with Crippen LogP contribution in [-0.2, 0) is 4.79 Å². The first-order valence-electron chi connectivity index (χ1n) is 6.31. The number of benzene rings is 1. The second-order valence-corrected chi connectivity index (χ2v) is 4.42. The molecule has 22 heavy (non-hydrogen) atoms. The van der Waals surface area contributed by atoms with Crippen LogP contribution in [0.4, 0.5) is 13.2 Å². The summed E-state index contributed by atoms with van der Waals surface area (Å²) < 4.78 is 54.2. The van der Waals surface area contributed by atoms with E-state index in [9.17, 15) is 18.0 Å². The van der Waals surface area contributed by atoms with E-state index in [1.165, 1.54) is 19.2 Å². The summed E-state index contributed by atoms with van der Waals surface area (Å²) in [7, 11) is 1.38. The van der Waals surface area contributed by atoms with Crippen molar-refractivity contribution in [2.24, 2.45) is 0 Å². The molecule has 0 amide bonds. The quantitative estimate of drug-likeness (QED) is 0.925. The Morgan fingerprint density at radius 3 is 2.59 bits per heavy atom. The molecular weight excluding hydrogens is 305 g/mol. The minimum atomic E-state index is -4.86. The van der Waals surface area contributed by atoms with E-state index >= 15 is 0 Å². The van der Waals surface area contributed by atoms with Gasteiger partial charge in [0.25, 0.3) is 0 Å². The Hall–Kier alpha value is -2.38. The smallest absolute Gasteiger partial charge is 0.430 e. The molecule has 1 aliphatic rings.